The Hall–Kier alpha value is -0.860. The number of aliphatic hydroxyl groups is 1. The van der Waals surface area contributed by atoms with Gasteiger partial charge in [0.15, 0.2) is 0 Å². The molecule has 1 aromatic rings. The lowest BCUT2D eigenvalue weighted by Crippen LogP contribution is -2.44. The molecular weight excluding hydrogens is 234 g/mol. The van der Waals surface area contributed by atoms with Crippen molar-refractivity contribution in [1.29, 1.82) is 0 Å². The SMILES string of the molecule is CC(CCc1ccccc1)NC1CCCCCC1O. The van der Waals surface area contributed by atoms with Gasteiger partial charge < -0.3 is 10.4 Å². The molecule has 1 fully saturated rings. The zero-order valence-electron chi connectivity index (χ0n) is 12.0. The lowest BCUT2D eigenvalue weighted by Gasteiger charge is -2.26. The zero-order valence-corrected chi connectivity index (χ0v) is 12.0. The average Bonchev–Trinajstić information content (AvgIpc) is 2.63. The van der Waals surface area contributed by atoms with Crippen LogP contribution in [0.1, 0.15) is 51.0 Å². The first kappa shape index (κ1) is 14.5. The van der Waals surface area contributed by atoms with Gasteiger partial charge in [-0.05, 0) is 38.2 Å². The average molecular weight is 261 g/mol. The molecule has 0 saturated heterocycles. The third-order valence-corrected chi connectivity index (χ3v) is 4.19. The summed E-state index contributed by atoms with van der Waals surface area (Å²) in [5.74, 6) is 0. The van der Waals surface area contributed by atoms with E-state index < -0.39 is 0 Å². The van der Waals surface area contributed by atoms with Crippen LogP contribution in [0, 0.1) is 0 Å². The van der Waals surface area contributed by atoms with Crippen molar-refractivity contribution in [3.05, 3.63) is 35.9 Å². The summed E-state index contributed by atoms with van der Waals surface area (Å²) in [4.78, 5) is 0. The number of nitrogens with one attached hydrogen (secondary N) is 1. The predicted molar refractivity (Wildman–Crippen MR) is 80.2 cm³/mol. The quantitative estimate of drug-likeness (QED) is 0.797. The maximum absolute atomic E-state index is 10.1. The Morgan fingerprint density at radius 1 is 1.16 bits per heavy atom. The van der Waals surface area contributed by atoms with Gasteiger partial charge in [0.1, 0.15) is 0 Å². The summed E-state index contributed by atoms with van der Waals surface area (Å²) in [7, 11) is 0. The van der Waals surface area contributed by atoms with Gasteiger partial charge in [0.25, 0.3) is 0 Å². The molecule has 0 aromatic heterocycles. The largest absolute Gasteiger partial charge is 0.392 e. The standard InChI is InChI=1S/C17H27NO/c1-14(12-13-15-8-4-2-5-9-15)18-16-10-6-3-7-11-17(16)19/h2,4-5,8-9,14,16-19H,3,6-7,10-13H2,1H3. The van der Waals surface area contributed by atoms with Gasteiger partial charge in [-0.1, -0.05) is 49.6 Å². The topological polar surface area (TPSA) is 32.3 Å². The number of hydrogen-bond donors (Lipinski definition) is 2. The molecule has 3 atom stereocenters. The first-order chi connectivity index (χ1) is 9.25. The lowest BCUT2D eigenvalue weighted by atomic mass is 10.0. The van der Waals surface area contributed by atoms with E-state index in [2.05, 4.69) is 42.6 Å². The van der Waals surface area contributed by atoms with Crippen molar-refractivity contribution in [3.8, 4) is 0 Å². The summed E-state index contributed by atoms with van der Waals surface area (Å²) in [6.45, 7) is 2.24. The number of rotatable bonds is 5. The van der Waals surface area contributed by atoms with E-state index in [4.69, 9.17) is 0 Å². The fourth-order valence-electron chi connectivity index (χ4n) is 2.96. The van der Waals surface area contributed by atoms with Crippen molar-refractivity contribution in [2.45, 2.75) is 70.1 Å². The first-order valence-corrected chi connectivity index (χ1v) is 7.74. The van der Waals surface area contributed by atoms with Crippen LogP contribution < -0.4 is 5.32 Å². The smallest absolute Gasteiger partial charge is 0.0693 e. The van der Waals surface area contributed by atoms with Gasteiger partial charge in [-0.15, -0.1) is 0 Å². The van der Waals surface area contributed by atoms with E-state index in [1.165, 1.54) is 24.8 Å². The summed E-state index contributed by atoms with van der Waals surface area (Å²) < 4.78 is 0. The molecule has 0 radical (unpaired) electrons. The van der Waals surface area contributed by atoms with Gasteiger partial charge in [-0.3, -0.25) is 0 Å². The Morgan fingerprint density at radius 2 is 1.89 bits per heavy atom. The Labute approximate surface area is 117 Å². The van der Waals surface area contributed by atoms with Crippen LogP contribution in [-0.2, 0) is 6.42 Å². The van der Waals surface area contributed by atoms with Gasteiger partial charge in [0.05, 0.1) is 6.10 Å². The molecular formula is C17H27NO. The van der Waals surface area contributed by atoms with Crippen LogP contribution in [0.15, 0.2) is 30.3 Å². The molecule has 2 rings (SSSR count). The number of benzene rings is 1. The van der Waals surface area contributed by atoms with Crippen LogP contribution in [0.2, 0.25) is 0 Å². The minimum Gasteiger partial charge on any atom is -0.392 e. The van der Waals surface area contributed by atoms with Gasteiger partial charge in [0.2, 0.25) is 0 Å². The van der Waals surface area contributed by atoms with Crippen molar-refractivity contribution < 1.29 is 5.11 Å². The van der Waals surface area contributed by atoms with Gasteiger partial charge >= 0.3 is 0 Å². The number of hydrogen-bond acceptors (Lipinski definition) is 2. The van der Waals surface area contributed by atoms with Gasteiger partial charge in [0, 0.05) is 12.1 Å². The highest BCUT2D eigenvalue weighted by Gasteiger charge is 2.22. The second-order valence-corrected chi connectivity index (χ2v) is 5.90. The second kappa shape index (κ2) is 7.66. The summed E-state index contributed by atoms with van der Waals surface area (Å²) in [5, 5.41) is 13.7. The molecule has 0 heterocycles. The minimum atomic E-state index is -0.151. The summed E-state index contributed by atoms with van der Waals surface area (Å²) in [6, 6.07) is 11.4. The van der Waals surface area contributed by atoms with Crippen LogP contribution in [0.3, 0.4) is 0 Å². The molecule has 0 aliphatic heterocycles. The van der Waals surface area contributed by atoms with Crippen molar-refractivity contribution in [2.75, 3.05) is 0 Å². The highest BCUT2D eigenvalue weighted by Crippen LogP contribution is 2.19. The molecule has 1 saturated carbocycles. The van der Waals surface area contributed by atoms with E-state index in [0.717, 1.165) is 25.7 Å². The molecule has 1 aliphatic carbocycles. The summed E-state index contributed by atoms with van der Waals surface area (Å²) in [6.07, 6.45) is 7.87. The minimum absolute atomic E-state index is 0.151. The van der Waals surface area contributed by atoms with E-state index in [9.17, 15) is 5.11 Å². The van der Waals surface area contributed by atoms with Crippen LogP contribution in [-0.4, -0.2) is 23.3 Å². The number of aryl methyl sites for hydroxylation is 1. The fourth-order valence-corrected chi connectivity index (χ4v) is 2.96. The molecule has 3 unspecified atom stereocenters. The van der Waals surface area contributed by atoms with E-state index in [1.54, 1.807) is 0 Å². The molecule has 1 aromatic carbocycles. The molecule has 2 N–H and O–H groups in total. The van der Waals surface area contributed by atoms with Crippen molar-refractivity contribution in [3.63, 3.8) is 0 Å². The van der Waals surface area contributed by atoms with E-state index in [-0.39, 0.29) is 6.10 Å². The lowest BCUT2D eigenvalue weighted by molar-refractivity contribution is 0.114. The highest BCUT2D eigenvalue weighted by molar-refractivity contribution is 5.14. The molecule has 2 heteroatoms. The Morgan fingerprint density at radius 3 is 2.68 bits per heavy atom. The van der Waals surface area contributed by atoms with E-state index in [1.807, 2.05) is 0 Å². The molecule has 0 spiro atoms. The van der Waals surface area contributed by atoms with Crippen molar-refractivity contribution in [2.24, 2.45) is 0 Å². The third-order valence-electron chi connectivity index (χ3n) is 4.19. The van der Waals surface area contributed by atoms with Crippen LogP contribution in [0.4, 0.5) is 0 Å². The zero-order chi connectivity index (χ0) is 13.5. The normalized spacial score (nSPS) is 25.8. The Kier molecular flexibility index (Phi) is 5.87. The van der Waals surface area contributed by atoms with Crippen LogP contribution >= 0.6 is 0 Å². The van der Waals surface area contributed by atoms with E-state index in [0.29, 0.717) is 12.1 Å². The van der Waals surface area contributed by atoms with Gasteiger partial charge in [-0.25, -0.2) is 0 Å². The molecule has 106 valence electrons. The molecule has 2 nitrogen and oxygen atoms in total. The van der Waals surface area contributed by atoms with Crippen molar-refractivity contribution in [1.82, 2.24) is 5.32 Å². The fraction of sp³-hybridized carbons (Fsp3) is 0.647. The van der Waals surface area contributed by atoms with Crippen LogP contribution in [0.25, 0.3) is 0 Å². The highest BCUT2D eigenvalue weighted by atomic mass is 16.3. The Balaban J connectivity index is 1.75. The second-order valence-electron chi connectivity index (χ2n) is 5.90. The van der Waals surface area contributed by atoms with Gasteiger partial charge in [-0.2, -0.15) is 0 Å². The van der Waals surface area contributed by atoms with Crippen molar-refractivity contribution >= 4 is 0 Å². The predicted octanol–water partition coefficient (Wildman–Crippen LogP) is 3.29. The Bertz CT molecular complexity index is 352. The summed E-state index contributed by atoms with van der Waals surface area (Å²) >= 11 is 0. The van der Waals surface area contributed by atoms with Crippen LogP contribution in [0.5, 0.6) is 0 Å². The molecule has 0 bridgehead atoms. The van der Waals surface area contributed by atoms with E-state index >= 15 is 0 Å². The molecule has 19 heavy (non-hydrogen) atoms. The summed E-state index contributed by atoms with van der Waals surface area (Å²) in [5.41, 5.74) is 1.40. The maximum atomic E-state index is 10.1. The maximum Gasteiger partial charge on any atom is 0.0693 e. The first-order valence-electron chi connectivity index (χ1n) is 7.74. The molecule has 1 aliphatic rings. The molecule has 0 amide bonds. The monoisotopic (exact) mass is 261 g/mol. The number of aliphatic hydroxyl groups excluding tert-OH is 1. The third kappa shape index (κ3) is 4.96.